The Kier molecular flexibility index (Phi) is 2.75. The van der Waals surface area contributed by atoms with E-state index in [1.54, 1.807) is 6.07 Å². The normalized spacial score (nSPS) is 12.1. The average Bonchev–Trinajstić information content (AvgIpc) is 2.10. The standard InChI is InChI=1S/C8H10N4/c1-3-7(10-9)8-5-4-6(2)11-12-8/h1,4-5,7,10H,9H2,2H3. The molecule has 0 aromatic carbocycles. The van der Waals surface area contributed by atoms with E-state index in [-0.39, 0.29) is 6.04 Å². The van der Waals surface area contributed by atoms with Crippen molar-refractivity contribution in [1.82, 2.24) is 15.6 Å². The van der Waals surface area contributed by atoms with Gasteiger partial charge in [0.05, 0.1) is 11.4 Å². The van der Waals surface area contributed by atoms with Gasteiger partial charge in [0.2, 0.25) is 0 Å². The Labute approximate surface area is 71.2 Å². The summed E-state index contributed by atoms with van der Waals surface area (Å²) in [7, 11) is 0. The van der Waals surface area contributed by atoms with Crippen LogP contribution in [0.2, 0.25) is 0 Å². The number of hydrogen-bond acceptors (Lipinski definition) is 4. The van der Waals surface area contributed by atoms with Crippen molar-refractivity contribution >= 4 is 0 Å². The van der Waals surface area contributed by atoms with Crippen molar-refractivity contribution in [3.8, 4) is 12.3 Å². The number of aryl methyl sites for hydroxylation is 1. The zero-order valence-corrected chi connectivity index (χ0v) is 6.78. The van der Waals surface area contributed by atoms with E-state index in [1.165, 1.54) is 0 Å². The van der Waals surface area contributed by atoms with Crippen LogP contribution in [0.5, 0.6) is 0 Å². The van der Waals surface area contributed by atoms with E-state index in [9.17, 15) is 0 Å². The summed E-state index contributed by atoms with van der Waals surface area (Å²) in [5, 5.41) is 7.74. The summed E-state index contributed by atoms with van der Waals surface area (Å²) in [6, 6.07) is 3.27. The Morgan fingerprint density at radius 2 is 2.33 bits per heavy atom. The quantitative estimate of drug-likeness (QED) is 0.363. The Morgan fingerprint density at radius 1 is 1.58 bits per heavy atom. The number of hydrogen-bond donors (Lipinski definition) is 2. The average molecular weight is 162 g/mol. The van der Waals surface area contributed by atoms with Crippen LogP contribution < -0.4 is 11.3 Å². The van der Waals surface area contributed by atoms with Gasteiger partial charge in [-0.2, -0.15) is 10.2 Å². The van der Waals surface area contributed by atoms with Crippen LogP contribution in [-0.4, -0.2) is 10.2 Å². The van der Waals surface area contributed by atoms with Crippen LogP contribution in [-0.2, 0) is 0 Å². The van der Waals surface area contributed by atoms with E-state index in [0.717, 1.165) is 5.69 Å². The van der Waals surface area contributed by atoms with Crippen molar-refractivity contribution in [3.63, 3.8) is 0 Å². The van der Waals surface area contributed by atoms with Crippen LogP contribution in [0.4, 0.5) is 0 Å². The predicted molar refractivity (Wildman–Crippen MR) is 45.7 cm³/mol. The molecule has 0 bridgehead atoms. The summed E-state index contributed by atoms with van der Waals surface area (Å²) in [5.41, 5.74) is 3.96. The van der Waals surface area contributed by atoms with E-state index < -0.39 is 0 Å². The highest BCUT2D eigenvalue weighted by Crippen LogP contribution is 2.05. The molecule has 4 nitrogen and oxygen atoms in total. The van der Waals surface area contributed by atoms with Gasteiger partial charge in [-0.3, -0.25) is 5.84 Å². The zero-order valence-electron chi connectivity index (χ0n) is 6.78. The highest BCUT2D eigenvalue weighted by atomic mass is 15.2. The summed E-state index contributed by atoms with van der Waals surface area (Å²) in [4.78, 5) is 0. The Balaban J connectivity index is 2.89. The van der Waals surface area contributed by atoms with Gasteiger partial charge in [-0.1, -0.05) is 5.92 Å². The second kappa shape index (κ2) is 3.81. The van der Waals surface area contributed by atoms with Gasteiger partial charge in [0.15, 0.2) is 0 Å². The number of nitrogens with one attached hydrogen (secondary N) is 1. The maximum absolute atomic E-state index is 5.19. The fourth-order valence-electron chi connectivity index (χ4n) is 0.782. The minimum Gasteiger partial charge on any atom is -0.270 e. The molecule has 0 fully saturated rings. The third-order valence-electron chi connectivity index (χ3n) is 1.45. The lowest BCUT2D eigenvalue weighted by Gasteiger charge is -2.06. The number of hydrazine groups is 1. The molecule has 0 aliphatic carbocycles. The second-order valence-corrected chi connectivity index (χ2v) is 2.37. The summed E-state index contributed by atoms with van der Waals surface area (Å²) in [5.74, 6) is 7.64. The van der Waals surface area contributed by atoms with Crippen LogP contribution >= 0.6 is 0 Å². The molecule has 62 valence electrons. The monoisotopic (exact) mass is 162 g/mol. The van der Waals surface area contributed by atoms with Gasteiger partial charge in [-0.25, -0.2) is 5.43 Å². The molecule has 12 heavy (non-hydrogen) atoms. The van der Waals surface area contributed by atoms with E-state index in [0.29, 0.717) is 5.69 Å². The lowest BCUT2D eigenvalue weighted by Crippen LogP contribution is -2.27. The lowest BCUT2D eigenvalue weighted by atomic mass is 10.2. The first-order valence-corrected chi connectivity index (χ1v) is 3.50. The zero-order chi connectivity index (χ0) is 8.97. The number of terminal acetylenes is 1. The van der Waals surface area contributed by atoms with Crippen LogP contribution in [0.15, 0.2) is 12.1 Å². The van der Waals surface area contributed by atoms with Gasteiger partial charge < -0.3 is 0 Å². The first-order valence-electron chi connectivity index (χ1n) is 3.50. The SMILES string of the molecule is C#CC(NN)c1ccc(C)nn1. The molecule has 0 saturated carbocycles. The van der Waals surface area contributed by atoms with Crippen LogP contribution in [0, 0.1) is 19.3 Å². The molecule has 0 spiro atoms. The Bertz CT molecular complexity index is 285. The Hall–Kier alpha value is -1.44. The fraction of sp³-hybridized carbons (Fsp3) is 0.250. The van der Waals surface area contributed by atoms with Crippen LogP contribution in [0.25, 0.3) is 0 Å². The molecule has 0 aliphatic rings. The number of rotatable bonds is 2. The molecule has 4 heteroatoms. The second-order valence-electron chi connectivity index (χ2n) is 2.37. The van der Waals surface area contributed by atoms with Crippen molar-refractivity contribution in [2.24, 2.45) is 5.84 Å². The van der Waals surface area contributed by atoms with E-state index in [4.69, 9.17) is 12.3 Å². The number of aromatic nitrogens is 2. The van der Waals surface area contributed by atoms with Crippen molar-refractivity contribution in [2.45, 2.75) is 13.0 Å². The molecule has 1 atom stereocenters. The van der Waals surface area contributed by atoms with Gasteiger partial charge in [-0.05, 0) is 19.1 Å². The lowest BCUT2D eigenvalue weighted by molar-refractivity contribution is 0.644. The summed E-state index contributed by atoms with van der Waals surface area (Å²) in [6.07, 6.45) is 5.19. The molecule has 0 radical (unpaired) electrons. The molecule has 1 unspecified atom stereocenters. The molecule has 1 aromatic heterocycles. The highest BCUT2D eigenvalue weighted by Gasteiger charge is 2.06. The first-order chi connectivity index (χ1) is 5.77. The van der Waals surface area contributed by atoms with Gasteiger partial charge >= 0.3 is 0 Å². The molecule has 0 aliphatic heterocycles. The Morgan fingerprint density at radius 3 is 2.75 bits per heavy atom. The minimum atomic E-state index is -0.363. The van der Waals surface area contributed by atoms with Crippen molar-refractivity contribution in [2.75, 3.05) is 0 Å². The molecular formula is C8H10N4. The molecular weight excluding hydrogens is 152 g/mol. The van der Waals surface area contributed by atoms with Crippen molar-refractivity contribution in [1.29, 1.82) is 0 Å². The molecule has 1 aromatic rings. The van der Waals surface area contributed by atoms with Gasteiger partial charge in [0.1, 0.15) is 6.04 Å². The smallest absolute Gasteiger partial charge is 0.125 e. The number of nitrogens with zero attached hydrogens (tertiary/aromatic N) is 2. The fourth-order valence-corrected chi connectivity index (χ4v) is 0.782. The van der Waals surface area contributed by atoms with E-state index in [1.807, 2.05) is 13.0 Å². The summed E-state index contributed by atoms with van der Waals surface area (Å²) in [6.45, 7) is 1.86. The molecule has 1 rings (SSSR count). The molecule has 0 saturated heterocycles. The largest absolute Gasteiger partial charge is 0.270 e. The first kappa shape index (κ1) is 8.65. The molecule has 3 N–H and O–H groups in total. The maximum atomic E-state index is 5.19. The van der Waals surface area contributed by atoms with Crippen LogP contribution in [0.3, 0.4) is 0 Å². The molecule has 0 amide bonds. The topological polar surface area (TPSA) is 63.8 Å². The number of nitrogens with two attached hydrogens (primary N) is 1. The van der Waals surface area contributed by atoms with Gasteiger partial charge in [0.25, 0.3) is 0 Å². The van der Waals surface area contributed by atoms with Gasteiger partial charge in [-0.15, -0.1) is 6.42 Å². The van der Waals surface area contributed by atoms with Crippen LogP contribution in [0.1, 0.15) is 17.4 Å². The van der Waals surface area contributed by atoms with Crippen molar-refractivity contribution in [3.05, 3.63) is 23.5 Å². The predicted octanol–water partition coefficient (Wildman–Crippen LogP) is -0.0774. The van der Waals surface area contributed by atoms with Gasteiger partial charge in [0, 0.05) is 0 Å². The maximum Gasteiger partial charge on any atom is 0.125 e. The van der Waals surface area contributed by atoms with E-state index in [2.05, 4.69) is 21.5 Å². The third kappa shape index (κ3) is 1.78. The van der Waals surface area contributed by atoms with E-state index >= 15 is 0 Å². The summed E-state index contributed by atoms with van der Waals surface area (Å²) >= 11 is 0. The third-order valence-corrected chi connectivity index (χ3v) is 1.45. The highest BCUT2D eigenvalue weighted by molar-refractivity contribution is 5.17. The minimum absolute atomic E-state index is 0.363. The van der Waals surface area contributed by atoms with Crippen molar-refractivity contribution < 1.29 is 0 Å². The molecule has 1 heterocycles. The summed E-state index contributed by atoms with van der Waals surface area (Å²) < 4.78 is 0.